The minimum atomic E-state index is 0.0883. The average Bonchev–Trinajstić information content (AvgIpc) is 2.97. The highest BCUT2D eigenvalue weighted by Gasteiger charge is 2.33. The first kappa shape index (κ1) is 11.0. The number of rotatable bonds is 4. The molecule has 5 nitrogen and oxygen atoms in total. The molecule has 0 amide bonds. The number of carbonyl (C=O) groups is 2. The Labute approximate surface area is 103 Å². The molecule has 5 heteroatoms. The number of ketones is 1. The standard InChI is InChI=1S/C13H12N2O3/c1-7-9(4-16)12(10-5-18-6-14-10)15-11(7)13(17)8-2-3-8/h4-6,8,15H,2-3H2,1H3. The Morgan fingerprint density at radius 3 is 2.89 bits per heavy atom. The van der Waals surface area contributed by atoms with Gasteiger partial charge in [-0.1, -0.05) is 0 Å². The molecule has 1 aliphatic rings. The number of nitrogens with zero attached hydrogens (tertiary/aromatic N) is 1. The lowest BCUT2D eigenvalue weighted by Crippen LogP contribution is -2.03. The Bertz CT molecular complexity index is 606. The maximum Gasteiger partial charge on any atom is 0.182 e. The van der Waals surface area contributed by atoms with Gasteiger partial charge in [0.15, 0.2) is 18.5 Å². The molecule has 0 unspecified atom stereocenters. The maximum atomic E-state index is 12.1. The van der Waals surface area contributed by atoms with Crippen LogP contribution in [0.5, 0.6) is 0 Å². The molecular formula is C13H12N2O3. The second-order valence-corrected chi connectivity index (χ2v) is 4.54. The smallest absolute Gasteiger partial charge is 0.182 e. The van der Waals surface area contributed by atoms with Crippen LogP contribution in [-0.2, 0) is 0 Å². The van der Waals surface area contributed by atoms with Crippen molar-refractivity contribution >= 4 is 12.1 Å². The lowest BCUT2D eigenvalue weighted by molar-refractivity contribution is 0.0963. The molecule has 0 atom stereocenters. The largest absolute Gasteiger partial charge is 0.451 e. The van der Waals surface area contributed by atoms with E-state index in [2.05, 4.69) is 9.97 Å². The van der Waals surface area contributed by atoms with Crippen molar-refractivity contribution in [3.63, 3.8) is 0 Å². The van der Waals surface area contributed by atoms with E-state index in [1.165, 1.54) is 12.7 Å². The molecule has 1 fully saturated rings. The van der Waals surface area contributed by atoms with Crippen molar-refractivity contribution in [1.82, 2.24) is 9.97 Å². The number of Topliss-reactive ketones (excluding diaryl/α,β-unsaturated/α-hetero) is 1. The Kier molecular flexibility index (Phi) is 2.40. The lowest BCUT2D eigenvalue weighted by atomic mass is 10.1. The summed E-state index contributed by atoms with van der Waals surface area (Å²) < 4.78 is 4.91. The van der Waals surface area contributed by atoms with E-state index in [0.717, 1.165) is 19.1 Å². The van der Waals surface area contributed by atoms with Crippen molar-refractivity contribution in [3.8, 4) is 11.4 Å². The zero-order valence-corrected chi connectivity index (χ0v) is 9.90. The molecule has 0 spiro atoms. The van der Waals surface area contributed by atoms with Crippen LogP contribution in [0.2, 0.25) is 0 Å². The monoisotopic (exact) mass is 244 g/mol. The van der Waals surface area contributed by atoms with Crippen LogP contribution in [0.1, 0.15) is 39.3 Å². The third-order valence-corrected chi connectivity index (χ3v) is 3.30. The van der Waals surface area contributed by atoms with Gasteiger partial charge in [-0.2, -0.15) is 0 Å². The lowest BCUT2D eigenvalue weighted by Gasteiger charge is -1.96. The highest BCUT2D eigenvalue weighted by molar-refractivity contribution is 6.03. The molecule has 0 aromatic carbocycles. The second kappa shape index (κ2) is 3.94. The minimum Gasteiger partial charge on any atom is -0.451 e. The predicted octanol–water partition coefficient (Wildman–Crippen LogP) is 2.38. The summed E-state index contributed by atoms with van der Waals surface area (Å²) in [7, 11) is 0. The number of aromatic amines is 1. The summed E-state index contributed by atoms with van der Waals surface area (Å²) >= 11 is 0. The summed E-state index contributed by atoms with van der Waals surface area (Å²) in [5.41, 5.74) is 2.79. The van der Waals surface area contributed by atoms with E-state index < -0.39 is 0 Å². The molecule has 1 N–H and O–H groups in total. The summed E-state index contributed by atoms with van der Waals surface area (Å²) in [6.07, 6.45) is 5.37. The van der Waals surface area contributed by atoms with Crippen LogP contribution in [0.4, 0.5) is 0 Å². The van der Waals surface area contributed by atoms with Gasteiger partial charge in [0.1, 0.15) is 12.0 Å². The van der Waals surface area contributed by atoms with Crippen LogP contribution in [0.25, 0.3) is 11.4 Å². The molecule has 2 heterocycles. The van der Waals surface area contributed by atoms with Gasteiger partial charge in [0.25, 0.3) is 0 Å². The Morgan fingerprint density at radius 1 is 1.56 bits per heavy atom. The van der Waals surface area contributed by atoms with E-state index in [1.807, 2.05) is 0 Å². The second-order valence-electron chi connectivity index (χ2n) is 4.54. The molecule has 18 heavy (non-hydrogen) atoms. The van der Waals surface area contributed by atoms with Crippen molar-refractivity contribution in [2.75, 3.05) is 0 Å². The molecule has 1 saturated carbocycles. The van der Waals surface area contributed by atoms with E-state index in [9.17, 15) is 9.59 Å². The molecule has 0 aliphatic heterocycles. The summed E-state index contributed by atoms with van der Waals surface area (Å²) in [6, 6.07) is 0. The zero-order chi connectivity index (χ0) is 12.7. The van der Waals surface area contributed by atoms with Crippen molar-refractivity contribution in [2.24, 2.45) is 5.92 Å². The van der Waals surface area contributed by atoms with Crippen molar-refractivity contribution in [2.45, 2.75) is 19.8 Å². The van der Waals surface area contributed by atoms with E-state index in [0.29, 0.717) is 28.2 Å². The Morgan fingerprint density at radius 2 is 2.33 bits per heavy atom. The molecule has 3 rings (SSSR count). The first-order chi connectivity index (χ1) is 8.72. The van der Waals surface area contributed by atoms with Crippen molar-refractivity contribution in [3.05, 3.63) is 29.5 Å². The fourth-order valence-corrected chi connectivity index (χ4v) is 2.09. The molecule has 2 aromatic rings. The van der Waals surface area contributed by atoms with Gasteiger partial charge in [-0.05, 0) is 25.3 Å². The number of carbonyl (C=O) groups excluding carboxylic acids is 2. The number of aromatic nitrogens is 2. The number of nitrogens with one attached hydrogen (secondary N) is 1. The fourth-order valence-electron chi connectivity index (χ4n) is 2.09. The Balaban J connectivity index is 2.12. The van der Waals surface area contributed by atoms with Crippen LogP contribution >= 0.6 is 0 Å². The number of hydrogen-bond acceptors (Lipinski definition) is 4. The molecule has 2 aromatic heterocycles. The van der Waals surface area contributed by atoms with Crippen LogP contribution in [0.15, 0.2) is 17.1 Å². The third kappa shape index (κ3) is 1.59. The molecule has 0 saturated heterocycles. The van der Waals surface area contributed by atoms with Gasteiger partial charge in [-0.25, -0.2) is 4.98 Å². The molecule has 0 radical (unpaired) electrons. The SMILES string of the molecule is Cc1c(C(=O)C2CC2)[nH]c(-c2cocn2)c1C=O. The Hall–Kier alpha value is -2.17. The van der Waals surface area contributed by atoms with Gasteiger partial charge in [-0.3, -0.25) is 9.59 Å². The summed E-state index contributed by atoms with van der Waals surface area (Å²) in [5.74, 6) is 0.206. The average molecular weight is 244 g/mol. The first-order valence-corrected chi connectivity index (χ1v) is 5.83. The van der Waals surface area contributed by atoms with Crippen LogP contribution in [-0.4, -0.2) is 22.0 Å². The number of hydrogen-bond donors (Lipinski definition) is 1. The molecule has 0 bridgehead atoms. The maximum absolute atomic E-state index is 12.1. The summed E-state index contributed by atoms with van der Waals surface area (Å²) in [6.45, 7) is 1.78. The minimum absolute atomic E-state index is 0.0883. The van der Waals surface area contributed by atoms with Gasteiger partial charge < -0.3 is 9.40 Å². The quantitative estimate of drug-likeness (QED) is 0.661. The summed E-state index contributed by atoms with van der Waals surface area (Å²) in [4.78, 5) is 30.3. The molecule has 92 valence electrons. The van der Waals surface area contributed by atoms with Gasteiger partial charge in [0.2, 0.25) is 0 Å². The van der Waals surface area contributed by atoms with Crippen LogP contribution in [0.3, 0.4) is 0 Å². The highest BCUT2D eigenvalue weighted by Crippen LogP contribution is 2.35. The van der Waals surface area contributed by atoms with E-state index in [4.69, 9.17) is 4.42 Å². The van der Waals surface area contributed by atoms with E-state index in [-0.39, 0.29) is 11.7 Å². The number of oxazole rings is 1. The normalized spacial score (nSPS) is 14.7. The topological polar surface area (TPSA) is 76.0 Å². The van der Waals surface area contributed by atoms with E-state index in [1.54, 1.807) is 6.92 Å². The first-order valence-electron chi connectivity index (χ1n) is 5.83. The van der Waals surface area contributed by atoms with Gasteiger partial charge in [0, 0.05) is 11.5 Å². The predicted molar refractivity (Wildman–Crippen MR) is 63.5 cm³/mol. The number of H-pyrrole nitrogens is 1. The third-order valence-electron chi connectivity index (χ3n) is 3.30. The van der Waals surface area contributed by atoms with Crippen molar-refractivity contribution < 1.29 is 14.0 Å². The van der Waals surface area contributed by atoms with Gasteiger partial charge >= 0.3 is 0 Å². The van der Waals surface area contributed by atoms with E-state index >= 15 is 0 Å². The molecule has 1 aliphatic carbocycles. The van der Waals surface area contributed by atoms with Gasteiger partial charge in [0.05, 0.1) is 11.4 Å². The van der Waals surface area contributed by atoms with Gasteiger partial charge in [-0.15, -0.1) is 0 Å². The number of aldehydes is 1. The van der Waals surface area contributed by atoms with Crippen LogP contribution in [0, 0.1) is 12.8 Å². The summed E-state index contributed by atoms with van der Waals surface area (Å²) in [5, 5.41) is 0. The van der Waals surface area contributed by atoms with Crippen LogP contribution < -0.4 is 0 Å². The zero-order valence-electron chi connectivity index (χ0n) is 9.90. The highest BCUT2D eigenvalue weighted by atomic mass is 16.3. The van der Waals surface area contributed by atoms with Crippen molar-refractivity contribution in [1.29, 1.82) is 0 Å². The molecular weight excluding hydrogens is 232 g/mol. The fraction of sp³-hybridized carbons (Fsp3) is 0.308.